The maximum atomic E-state index is 13.2. The number of unbranched alkanes of at least 4 members (excludes halogenated alkanes) is 1. The minimum absolute atomic E-state index is 0.0946. The predicted molar refractivity (Wildman–Crippen MR) is 234 cm³/mol. The molecule has 0 spiro atoms. The molecule has 2 atom stereocenters. The molecule has 5 rings (SSSR count). The van der Waals surface area contributed by atoms with Crippen LogP contribution in [0.5, 0.6) is 11.5 Å². The molecular formula is C46H53N5O10S. The van der Waals surface area contributed by atoms with Gasteiger partial charge in [-0.3, -0.25) is 19.6 Å². The largest absolute Gasteiger partial charge is 0.494 e. The van der Waals surface area contributed by atoms with Crippen LogP contribution in [-0.2, 0) is 37.3 Å². The number of fused-ring (bicyclic) bond motifs is 1. The molecule has 328 valence electrons. The third-order valence-electron chi connectivity index (χ3n) is 10.6. The van der Waals surface area contributed by atoms with Crippen LogP contribution in [0.2, 0.25) is 0 Å². The summed E-state index contributed by atoms with van der Waals surface area (Å²) in [7, 11) is -4.42. The Kier molecular flexibility index (Phi) is 16.9. The van der Waals surface area contributed by atoms with E-state index >= 15 is 0 Å². The third-order valence-corrected chi connectivity index (χ3v) is 11.5. The Morgan fingerprint density at radius 1 is 0.984 bits per heavy atom. The smallest absolute Gasteiger partial charge is 0.326 e. The minimum atomic E-state index is -4.42. The molecule has 2 amide bonds. The first-order chi connectivity index (χ1) is 29.7. The van der Waals surface area contributed by atoms with Crippen molar-refractivity contribution in [1.82, 2.24) is 15.6 Å². The Morgan fingerprint density at radius 3 is 2.45 bits per heavy atom. The molecule has 4 aromatic rings. The molecular weight excluding hydrogens is 815 g/mol. The number of hydrogen-bond donors (Lipinski definition) is 5. The zero-order chi connectivity index (χ0) is 44.5. The van der Waals surface area contributed by atoms with Crippen molar-refractivity contribution in [3.8, 4) is 11.5 Å². The van der Waals surface area contributed by atoms with Crippen LogP contribution in [0.25, 0.3) is 0 Å². The van der Waals surface area contributed by atoms with E-state index in [0.717, 1.165) is 37.9 Å². The van der Waals surface area contributed by atoms with Gasteiger partial charge in [-0.2, -0.15) is 13.5 Å². The lowest BCUT2D eigenvalue weighted by Gasteiger charge is -2.26. The Labute approximate surface area is 361 Å². The molecule has 15 nitrogen and oxygen atoms in total. The van der Waals surface area contributed by atoms with Gasteiger partial charge in [0.2, 0.25) is 5.91 Å². The standard InChI is InChI=1S/C46H53N5O10S/c1-46(2,23-5-6-26-61-38-20-21-39-33(13-8-25-52)11-7-12-34(39)29-38)45(56)50-40(44(54)55)28-32-15-18-37(19-16-32)60-27-9-24-47-43(53)36-17-22-42(48-30-36)51-49-31-35-10-3-4-14-41(35)62(57,58)59/h3-4,8,10,14-22,29-31,33,40H,5-7,9,11-13,23-24,26-28H2,1-2H3,(H,47,53)(H,48,51)(H,50,56)(H,54,55)(H,57,58,59). The number of aryl methyl sites for hydroxylation is 1. The molecule has 0 bridgehead atoms. The molecule has 1 heterocycles. The average molecular weight is 868 g/mol. The van der Waals surface area contributed by atoms with Crippen molar-refractivity contribution in [2.45, 2.75) is 88.5 Å². The molecule has 0 radical (unpaired) electrons. The average Bonchev–Trinajstić information content (AvgIpc) is 3.25. The molecule has 0 saturated carbocycles. The first-order valence-corrected chi connectivity index (χ1v) is 22.0. The second-order valence-electron chi connectivity index (χ2n) is 15.7. The number of nitrogens with one attached hydrogen (secondary N) is 3. The Balaban J connectivity index is 0.974. The fourth-order valence-electron chi connectivity index (χ4n) is 7.05. The summed E-state index contributed by atoms with van der Waals surface area (Å²) in [4.78, 5) is 52.5. The lowest BCUT2D eigenvalue weighted by Crippen LogP contribution is -2.47. The lowest BCUT2D eigenvalue weighted by atomic mass is 9.81. The van der Waals surface area contributed by atoms with Gasteiger partial charge in [0, 0.05) is 36.2 Å². The zero-order valence-corrected chi connectivity index (χ0v) is 35.7. The maximum absolute atomic E-state index is 13.2. The van der Waals surface area contributed by atoms with Gasteiger partial charge in [-0.05, 0) is 116 Å². The van der Waals surface area contributed by atoms with Gasteiger partial charge in [-0.1, -0.05) is 50.2 Å². The van der Waals surface area contributed by atoms with Crippen LogP contribution in [0.1, 0.15) is 97.3 Å². The van der Waals surface area contributed by atoms with E-state index in [-0.39, 0.29) is 28.7 Å². The van der Waals surface area contributed by atoms with Crippen LogP contribution in [-0.4, -0.2) is 78.8 Å². The van der Waals surface area contributed by atoms with Gasteiger partial charge in [0.1, 0.15) is 34.2 Å². The van der Waals surface area contributed by atoms with Crippen LogP contribution in [0.15, 0.2) is 101 Å². The van der Waals surface area contributed by atoms with Gasteiger partial charge in [0.05, 0.1) is 25.0 Å². The van der Waals surface area contributed by atoms with E-state index in [1.807, 2.05) is 25.9 Å². The van der Waals surface area contributed by atoms with E-state index in [2.05, 4.69) is 38.3 Å². The van der Waals surface area contributed by atoms with E-state index in [9.17, 15) is 37.3 Å². The van der Waals surface area contributed by atoms with Crippen molar-refractivity contribution in [3.05, 3.63) is 119 Å². The minimum Gasteiger partial charge on any atom is -0.494 e. The molecule has 0 fully saturated rings. The fourth-order valence-corrected chi connectivity index (χ4v) is 7.72. The number of aromatic nitrogens is 1. The zero-order valence-electron chi connectivity index (χ0n) is 34.8. The Hall–Kier alpha value is -6.35. The third kappa shape index (κ3) is 14.1. The number of ether oxygens (including phenoxy) is 2. The van der Waals surface area contributed by atoms with Gasteiger partial charge in [-0.25, -0.2) is 14.6 Å². The van der Waals surface area contributed by atoms with E-state index in [1.165, 1.54) is 47.8 Å². The van der Waals surface area contributed by atoms with Crippen LogP contribution in [0.4, 0.5) is 5.82 Å². The number of carbonyl (C=O) groups is 3. The Bertz CT molecular complexity index is 2340. The summed E-state index contributed by atoms with van der Waals surface area (Å²) in [5, 5.41) is 19.4. The molecule has 0 aliphatic heterocycles. The first-order valence-electron chi connectivity index (χ1n) is 20.5. The fraction of sp³-hybridized carbons (Fsp3) is 0.370. The van der Waals surface area contributed by atoms with E-state index in [4.69, 9.17) is 9.47 Å². The van der Waals surface area contributed by atoms with Crippen molar-refractivity contribution in [2.75, 3.05) is 25.2 Å². The first kappa shape index (κ1) is 46.7. The molecule has 0 saturated heterocycles. The molecule has 1 aliphatic rings. The normalized spacial score (nSPS) is 14.2. The second-order valence-corrected chi connectivity index (χ2v) is 17.1. The Morgan fingerprint density at radius 2 is 1.73 bits per heavy atom. The SMILES string of the molecule is CC(C)(CCCCOc1ccc2c(c1)CCCC2CC=C=O)C(=O)NC(Cc1ccc(OCCCNC(=O)c2ccc(NN=Cc3ccccc3S(=O)(=O)O)nc2)cc1)C(=O)O. The summed E-state index contributed by atoms with van der Waals surface area (Å²) in [6, 6.07) is 20.9. The number of hydrogen-bond acceptors (Lipinski definition) is 11. The molecule has 3 aromatic carbocycles. The monoisotopic (exact) mass is 867 g/mol. The summed E-state index contributed by atoms with van der Waals surface area (Å²) in [6.07, 6.45) is 10.6. The summed E-state index contributed by atoms with van der Waals surface area (Å²) < 4.78 is 44.3. The van der Waals surface area contributed by atoms with E-state index in [1.54, 1.807) is 42.5 Å². The predicted octanol–water partition coefficient (Wildman–Crippen LogP) is 6.56. The quantitative estimate of drug-likeness (QED) is 0.0176. The van der Waals surface area contributed by atoms with Crippen LogP contribution >= 0.6 is 0 Å². The number of nitrogens with zero attached hydrogens (tertiary/aromatic N) is 2. The number of pyridine rings is 1. The number of anilines is 1. The van der Waals surface area contributed by atoms with Crippen LogP contribution < -0.4 is 25.5 Å². The molecule has 1 aliphatic carbocycles. The van der Waals surface area contributed by atoms with Gasteiger partial charge in [0.15, 0.2) is 0 Å². The highest BCUT2D eigenvalue weighted by Gasteiger charge is 2.31. The highest BCUT2D eigenvalue weighted by molar-refractivity contribution is 7.86. The summed E-state index contributed by atoms with van der Waals surface area (Å²) >= 11 is 0. The van der Waals surface area contributed by atoms with Crippen molar-refractivity contribution >= 4 is 45.9 Å². The number of aliphatic carboxylic acids is 1. The van der Waals surface area contributed by atoms with Gasteiger partial charge in [0.25, 0.3) is 16.0 Å². The molecule has 16 heteroatoms. The number of carbonyl (C=O) groups excluding carboxylic acids is 3. The number of allylic oxidation sites excluding steroid dienone is 1. The second kappa shape index (κ2) is 22.5. The van der Waals surface area contributed by atoms with Gasteiger partial charge in [-0.15, -0.1) is 0 Å². The molecule has 2 unspecified atom stereocenters. The van der Waals surface area contributed by atoms with E-state index < -0.39 is 27.5 Å². The number of hydrazone groups is 1. The summed E-state index contributed by atoms with van der Waals surface area (Å²) in [5.74, 6) is 2.12. The van der Waals surface area contributed by atoms with Crippen molar-refractivity contribution in [2.24, 2.45) is 10.5 Å². The van der Waals surface area contributed by atoms with Crippen LogP contribution in [0.3, 0.4) is 0 Å². The molecule has 5 N–H and O–H groups in total. The van der Waals surface area contributed by atoms with Crippen molar-refractivity contribution in [1.29, 1.82) is 0 Å². The van der Waals surface area contributed by atoms with Crippen molar-refractivity contribution in [3.63, 3.8) is 0 Å². The van der Waals surface area contributed by atoms with Crippen LogP contribution in [0, 0.1) is 5.41 Å². The molecule has 62 heavy (non-hydrogen) atoms. The van der Waals surface area contributed by atoms with Crippen molar-refractivity contribution < 1.29 is 46.7 Å². The lowest BCUT2D eigenvalue weighted by molar-refractivity contribution is -0.143. The topological polar surface area (TPSA) is 223 Å². The number of amides is 2. The number of carboxylic acids is 1. The van der Waals surface area contributed by atoms with E-state index in [0.29, 0.717) is 67.6 Å². The highest BCUT2D eigenvalue weighted by Crippen LogP contribution is 2.36. The number of rotatable bonds is 23. The summed E-state index contributed by atoms with van der Waals surface area (Å²) in [5.41, 5.74) is 5.61. The van der Waals surface area contributed by atoms with Gasteiger partial charge >= 0.3 is 5.97 Å². The maximum Gasteiger partial charge on any atom is 0.326 e. The highest BCUT2D eigenvalue weighted by atomic mass is 32.2. The summed E-state index contributed by atoms with van der Waals surface area (Å²) in [6.45, 7) is 4.77. The number of carboxylic acid groups (broad SMARTS) is 1. The molecule has 1 aromatic heterocycles. The van der Waals surface area contributed by atoms with Gasteiger partial charge < -0.3 is 25.2 Å². The number of benzene rings is 3.